The first kappa shape index (κ1) is 24.1. The van der Waals surface area contributed by atoms with Crippen LogP contribution in [0.4, 0.5) is 0 Å². The summed E-state index contributed by atoms with van der Waals surface area (Å²) >= 11 is 0. The van der Waals surface area contributed by atoms with E-state index in [-0.39, 0.29) is 6.41 Å². The van der Waals surface area contributed by atoms with Gasteiger partial charge in [-0.15, -0.1) is 0 Å². The molecule has 0 saturated carbocycles. The van der Waals surface area contributed by atoms with Gasteiger partial charge in [0.1, 0.15) is 23.6 Å². The number of aromatic amines is 2. The van der Waals surface area contributed by atoms with Crippen molar-refractivity contribution in [2.45, 2.75) is 20.8 Å². The molecule has 3 aromatic heterocycles. The van der Waals surface area contributed by atoms with Gasteiger partial charge in [-0.3, -0.25) is 14.9 Å². The van der Waals surface area contributed by atoms with Crippen LogP contribution in [0.2, 0.25) is 0 Å². The second kappa shape index (κ2) is 12.5. The van der Waals surface area contributed by atoms with Gasteiger partial charge < -0.3 is 20.2 Å². The summed E-state index contributed by atoms with van der Waals surface area (Å²) in [6.45, 7) is 6.41. The Labute approximate surface area is 186 Å². The summed E-state index contributed by atoms with van der Waals surface area (Å²) in [7, 11) is 1.65. The molecule has 0 saturated heterocycles. The molecular weight excluding hydrogens is 410 g/mol. The van der Waals surface area contributed by atoms with Gasteiger partial charge in [-0.05, 0) is 43.3 Å². The van der Waals surface area contributed by atoms with E-state index in [0.717, 1.165) is 22.6 Å². The summed E-state index contributed by atoms with van der Waals surface area (Å²) in [6, 6.07) is 11.6. The van der Waals surface area contributed by atoms with Crippen LogP contribution >= 0.6 is 0 Å². The highest BCUT2D eigenvalue weighted by molar-refractivity contribution is 5.70. The van der Waals surface area contributed by atoms with Gasteiger partial charge >= 0.3 is 0 Å². The fourth-order valence-corrected chi connectivity index (χ4v) is 2.72. The zero-order valence-electron chi connectivity index (χ0n) is 18.5. The number of carbonyl (C=O) groups excluding carboxylic acids is 1. The highest BCUT2D eigenvalue weighted by atomic mass is 16.5. The van der Waals surface area contributed by atoms with Gasteiger partial charge in [0, 0.05) is 17.3 Å². The van der Waals surface area contributed by atoms with E-state index in [1.54, 1.807) is 13.3 Å². The fraction of sp³-hybridized carbons (Fsp3) is 0.227. The van der Waals surface area contributed by atoms with Crippen LogP contribution in [0, 0.1) is 0 Å². The van der Waals surface area contributed by atoms with Gasteiger partial charge in [0.2, 0.25) is 12.3 Å². The van der Waals surface area contributed by atoms with Crippen LogP contribution in [-0.4, -0.2) is 50.3 Å². The predicted octanol–water partition coefficient (Wildman–Crippen LogP) is 3.46. The first-order valence-electron chi connectivity index (χ1n) is 10.0. The number of nitrogens with two attached hydrogens (primary N) is 1. The summed E-state index contributed by atoms with van der Waals surface area (Å²) < 4.78 is 10.9. The maximum atomic E-state index is 8.58. The summed E-state index contributed by atoms with van der Waals surface area (Å²) in [6.07, 6.45) is 3.45. The number of benzene rings is 1. The Bertz CT molecular complexity index is 1080. The number of rotatable bonds is 6. The molecule has 0 aliphatic rings. The van der Waals surface area contributed by atoms with Crippen molar-refractivity contribution in [3.8, 4) is 45.8 Å². The molecule has 0 bridgehead atoms. The normalized spacial score (nSPS) is 9.62. The molecule has 0 aliphatic carbocycles. The van der Waals surface area contributed by atoms with Crippen LogP contribution in [0.3, 0.4) is 0 Å². The van der Waals surface area contributed by atoms with Crippen LogP contribution in [0.1, 0.15) is 20.8 Å². The molecule has 4 N–H and O–H groups in total. The standard InChI is InChI=1S/C19H18N6O2.C2H6.CH3NO/c1-3-27-19-16(18-21-11-22-25-18)23-17(24-19)13-8-9-20-15(10-13)12-4-6-14(26-2)7-5-12;1-2;2-1-3/h4-11H,3H2,1-2H3,(H,23,24)(H,21,22,25);1-2H3;1H,(H2,2,3). The molecule has 0 aliphatic heterocycles. The Morgan fingerprint density at radius 3 is 2.38 bits per heavy atom. The average molecular weight is 438 g/mol. The highest BCUT2D eigenvalue weighted by Crippen LogP contribution is 2.30. The summed E-state index contributed by atoms with van der Waals surface area (Å²) in [5.74, 6) is 2.52. The van der Waals surface area contributed by atoms with Gasteiger partial charge in [0.05, 0.1) is 19.4 Å². The lowest BCUT2D eigenvalue weighted by Crippen LogP contribution is -1.94. The molecule has 0 spiro atoms. The number of aromatic nitrogens is 6. The van der Waals surface area contributed by atoms with Crippen LogP contribution in [0.5, 0.6) is 11.6 Å². The summed E-state index contributed by atoms with van der Waals surface area (Å²) in [4.78, 5) is 25.1. The number of carbonyl (C=O) groups is 1. The van der Waals surface area contributed by atoms with Crippen LogP contribution in [-0.2, 0) is 4.79 Å². The van der Waals surface area contributed by atoms with E-state index >= 15 is 0 Å². The second-order valence-corrected chi connectivity index (χ2v) is 5.83. The summed E-state index contributed by atoms with van der Waals surface area (Å²) in [5, 5.41) is 6.72. The maximum absolute atomic E-state index is 8.58. The number of amides is 1. The monoisotopic (exact) mass is 437 g/mol. The Hall–Kier alpha value is -4.21. The molecule has 1 aromatic carbocycles. The zero-order valence-corrected chi connectivity index (χ0v) is 18.5. The number of nitrogens with zero attached hydrogens (tertiary/aromatic N) is 4. The third-order valence-electron chi connectivity index (χ3n) is 4.02. The maximum Gasteiger partial charge on any atom is 0.243 e. The van der Waals surface area contributed by atoms with Crippen molar-refractivity contribution in [2.24, 2.45) is 5.73 Å². The molecule has 10 nitrogen and oxygen atoms in total. The quantitative estimate of drug-likeness (QED) is 0.392. The lowest BCUT2D eigenvalue weighted by atomic mass is 10.1. The third-order valence-corrected chi connectivity index (χ3v) is 4.02. The molecule has 10 heteroatoms. The van der Waals surface area contributed by atoms with Crippen molar-refractivity contribution in [3.05, 3.63) is 48.9 Å². The number of ether oxygens (including phenoxy) is 2. The Morgan fingerprint density at radius 1 is 1.06 bits per heavy atom. The minimum Gasteiger partial charge on any atom is -0.497 e. The number of pyridine rings is 1. The zero-order chi connectivity index (χ0) is 23.3. The van der Waals surface area contributed by atoms with Crippen molar-refractivity contribution >= 4 is 6.41 Å². The molecule has 0 atom stereocenters. The van der Waals surface area contributed by atoms with Crippen LogP contribution < -0.4 is 15.2 Å². The fourth-order valence-electron chi connectivity index (χ4n) is 2.72. The molecule has 0 fully saturated rings. The van der Waals surface area contributed by atoms with E-state index in [9.17, 15) is 0 Å². The predicted molar refractivity (Wildman–Crippen MR) is 122 cm³/mol. The number of hydrogen-bond donors (Lipinski definition) is 3. The second-order valence-electron chi connectivity index (χ2n) is 5.83. The minimum atomic E-state index is 0.250. The van der Waals surface area contributed by atoms with E-state index in [0.29, 0.717) is 29.8 Å². The lowest BCUT2D eigenvalue weighted by Gasteiger charge is -2.04. The van der Waals surface area contributed by atoms with Crippen LogP contribution in [0.15, 0.2) is 48.9 Å². The Morgan fingerprint density at radius 2 is 1.78 bits per heavy atom. The molecular formula is C22H27N7O3. The Kier molecular flexibility index (Phi) is 9.38. The Balaban J connectivity index is 0.000000671. The number of methoxy groups -OCH3 is 1. The molecule has 32 heavy (non-hydrogen) atoms. The van der Waals surface area contributed by atoms with Crippen molar-refractivity contribution in [1.82, 2.24) is 30.1 Å². The van der Waals surface area contributed by atoms with Gasteiger partial charge in [-0.25, -0.2) is 4.98 Å². The average Bonchev–Trinajstić information content (AvgIpc) is 3.52. The van der Waals surface area contributed by atoms with Gasteiger partial charge in [0.15, 0.2) is 5.82 Å². The number of imidazole rings is 1. The molecule has 0 unspecified atom stereocenters. The SMILES string of the molecule is CC.CCOc1nc(-c2ccnc(-c3ccc(OC)cc3)c2)[nH]c1-c1ncn[nH]1.NC=O. The first-order chi connectivity index (χ1) is 15.7. The molecule has 3 heterocycles. The lowest BCUT2D eigenvalue weighted by molar-refractivity contribution is -0.106. The molecule has 1 amide bonds. The molecule has 4 rings (SSSR count). The number of hydrogen-bond acceptors (Lipinski definition) is 7. The van der Waals surface area contributed by atoms with Gasteiger partial charge in [-0.2, -0.15) is 10.1 Å². The van der Waals surface area contributed by atoms with Crippen molar-refractivity contribution in [3.63, 3.8) is 0 Å². The summed E-state index contributed by atoms with van der Waals surface area (Å²) in [5.41, 5.74) is 7.55. The largest absolute Gasteiger partial charge is 0.497 e. The van der Waals surface area contributed by atoms with Gasteiger partial charge in [-0.1, -0.05) is 13.8 Å². The van der Waals surface area contributed by atoms with Crippen molar-refractivity contribution in [1.29, 1.82) is 0 Å². The third kappa shape index (κ3) is 5.91. The first-order valence-corrected chi connectivity index (χ1v) is 10.0. The van der Waals surface area contributed by atoms with E-state index in [2.05, 4.69) is 35.9 Å². The number of primary amides is 1. The van der Waals surface area contributed by atoms with Crippen molar-refractivity contribution < 1.29 is 14.3 Å². The van der Waals surface area contributed by atoms with Gasteiger partial charge in [0.25, 0.3) is 0 Å². The van der Waals surface area contributed by atoms with Crippen LogP contribution in [0.25, 0.3) is 34.2 Å². The van der Waals surface area contributed by atoms with Crippen molar-refractivity contribution in [2.75, 3.05) is 13.7 Å². The minimum absolute atomic E-state index is 0.250. The molecule has 168 valence electrons. The molecule has 4 aromatic rings. The topological polar surface area (TPSA) is 145 Å². The molecule has 0 radical (unpaired) electrons. The highest BCUT2D eigenvalue weighted by Gasteiger charge is 2.17. The number of nitrogens with one attached hydrogen (secondary N) is 2. The smallest absolute Gasteiger partial charge is 0.243 e. The van der Waals surface area contributed by atoms with E-state index in [1.807, 2.05) is 57.2 Å². The van der Waals surface area contributed by atoms with E-state index in [4.69, 9.17) is 14.3 Å². The van der Waals surface area contributed by atoms with E-state index in [1.165, 1.54) is 6.33 Å². The number of H-pyrrole nitrogens is 2. The van der Waals surface area contributed by atoms with E-state index < -0.39 is 0 Å².